The smallest absolute Gasteiger partial charge is 0.269 e. The number of anilines is 1. The molecule has 0 unspecified atom stereocenters. The van der Waals surface area contributed by atoms with Crippen molar-refractivity contribution in [2.45, 2.75) is 32.0 Å². The van der Waals surface area contributed by atoms with Crippen molar-refractivity contribution in [1.29, 1.82) is 0 Å². The quantitative estimate of drug-likeness (QED) is 0.276. The summed E-state index contributed by atoms with van der Waals surface area (Å²) in [7, 11) is 1.58. The van der Waals surface area contributed by atoms with Crippen LogP contribution < -0.4 is 14.4 Å². The highest BCUT2D eigenvalue weighted by Crippen LogP contribution is 2.52. The Bertz CT molecular complexity index is 1360. The third-order valence-electron chi connectivity index (χ3n) is 6.47. The van der Waals surface area contributed by atoms with Crippen LogP contribution in [0.5, 0.6) is 11.5 Å². The molecule has 35 heavy (non-hydrogen) atoms. The molecule has 8 nitrogen and oxygen atoms in total. The summed E-state index contributed by atoms with van der Waals surface area (Å²) < 4.78 is 12.1. The van der Waals surface area contributed by atoms with Crippen LogP contribution in [0.1, 0.15) is 40.9 Å². The highest BCUT2D eigenvalue weighted by atomic mass is 32.1. The summed E-state index contributed by atoms with van der Waals surface area (Å²) in [6, 6.07) is 18.6. The molecule has 1 amide bonds. The van der Waals surface area contributed by atoms with Gasteiger partial charge < -0.3 is 9.47 Å². The molecule has 9 heteroatoms. The van der Waals surface area contributed by atoms with E-state index >= 15 is 0 Å². The van der Waals surface area contributed by atoms with Crippen molar-refractivity contribution in [2.75, 3.05) is 12.0 Å². The number of hydrogen-bond donors (Lipinski definition) is 0. The number of benzene rings is 3. The molecule has 1 saturated heterocycles. The maximum atomic E-state index is 13.9. The van der Waals surface area contributed by atoms with Gasteiger partial charge in [0, 0.05) is 35.4 Å². The molecule has 178 valence electrons. The third-order valence-corrected chi connectivity index (χ3v) is 6.85. The first-order valence-electron chi connectivity index (χ1n) is 11.1. The fourth-order valence-corrected chi connectivity index (χ4v) is 5.36. The number of methoxy groups -OCH3 is 1. The number of ether oxygens (including phenoxy) is 2. The lowest BCUT2D eigenvalue weighted by atomic mass is 9.88. The van der Waals surface area contributed by atoms with Gasteiger partial charge in [-0.3, -0.25) is 24.7 Å². The van der Waals surface area contributed by atoms with E-state index in [1.807, 2.05) is 61.2 Å². The molecule has 2 bridgehead atoms. The second-order valence-electron chi connectivity index (χ2n) is 8.81. The van der Waals surface area contributed by atoms with Crippen LogP contribution in [-0.2, 0) is 0 Å². The highest BCUT2D eigenvalue weighted by molar-refractivity contribution is 7.80. The lowest BCUT2D eigenvalue weighted by molar-refractivity contribution is -0.384. The van der Waals surface area contributed by atoms with Gasteiger partial charge in [-0.2, -0.15) is 0 Å². The molecule has 2 aliphatic heterocycles. The Balaban J connectivity index is 1.67. The molecule has 3 aromatic carbocycles. The second-order valence-corrected chi connectivity index (χ2v) is 9.18. The lowest BCUT2D eigenvalue weighted by Crippen LogP contribution is -2.67. The van der Waals surface area contributed by atoms with Crippen LogP contribution in [0.3, 0.4) is 0 Å². The first-order chi connectivity index (χ1) is 16.7. The van der Waals surface area contributed by atoms with Crippen LogP contribution in [0.15, 0.2) is 66.7 Å². The van der Waals surface area contributed by atoms with Crippen molar-refractivity contribution in [2.24, 2.45) is 0 Å². The van der Waals surface area contributed by atoms with Gasteiger partial charge in [-0.15, -0.1) is 0 Å². The van der Waals surface area contributed by atoms with Crippen molar-refractivity contribution in [3.8, 4) is 11.5 Å². The average Bonchev–Trinajstić information content (AvgIpc) is 2.83. The van der Waals surface area contributed by atoms with E-state index in [4.69, 9.17) is 21.7 Å². The highest BCUT2D eigenvalue weighted by Gasteiger charge is 2.54. The SMILES string of the molecule is COc1cccc2c1O[C@@]1(C)C[C@@H]2N(C(=O)c2ccc([N+](=O)[O-])cc2)C(=S)N1c1cccc(C)c1. The summed E-state index contributed by atoms with van der Waals surface area (Å²) in [5.74, 6) is 0.791. The standard InChI is InChI=1S/C26H23N3O5S/c1-16-6-4-7-19(14-16)28-25(35)27(24(30)17-10-12-18(13-11-17)29(31)32)21-15-26(28,2)34-23-20(21)8-5-9-22(23)33-3/h4-14,21H,15H2,1-3H3/t21-,26-/m0/s1. The van der Waals surface area contributed by atoms with Gasteiger partial charge >= 0.3 is 0 Å². The number of para-hydroxylation sites is 1. The normalized spacial score (nSPS) is 20.7. The number of carbonyl (C=O) groups excluding carboxylic acids is 1. The maximum absolute atomic E-state index is 13.9. The van der Waals surface area contributed by atoms with E-state index in [0.717, 1.165) is 16.8 Å². The molecule has 0 spiro atoms. The lowest BCUT2D eigenvalue weighted by Gasteiger charge is -2.55. The zero-order valence-corrected chi connectivity index (χ0v) is 20.2. The van der Waals surface area contributed by atoms with Crippen LogP contribution in [0.25, 0.3) is 0 Å². The molecule has 2 heterocycles. The molecular formula is C26H23N3O5S. The van der Waals surface area contributed by atoms with E-state index in [1.54, 1.807) is 12.0 Å². The van der Waals surface area contributed by atoms with Gasteiger partial charge in [0.2, 0.25) is 0 Å². The van der Waals surface area contributed by atoms with E-state index in [2.05, 4.69) is 0 Å². The van der Waals surface area contributed by atoms with Gasteiger partial charge in [-0.25, -0.2) is 0 Å². The molecule has 2 aliphatic rings. The van der Waals surface area contributed by atoms with Gasteiger partial charge in [0.25, 0.3) is 11.6 Å². The van der Waals surface area contributed by atoms with Crippen LogP contribution in [-0.4, -0.2) is 33.7 Å². The third kappa shape index (κ3) is 3.68. The van der Waals surface area contributed by atoms with Gasteiger partial charge in [-0.05, 0) is 62.0 Å². The van der Waals surface area contributed by atoms with Crippen molar-refractivity contribution in [3.05, 3.63) is 93.5 Å². The van der Waals surface area contributed by atoms with E-state index < -0.39 is 16.7 Å². The minimum Gasteiger partial charge on any atom is -0.493 e. The van der Waals surface area contributed by atoms with Crippen molar-refractivity contribution >= 4 is 34.6 Å². The summed E-state index contributed by atoms with van der Waals surface area (Å²) in [6.45, 7) is 3.94. The Morgan fingerprint density at radius 2 is 1.89 bits per heavy atom. The number of amides is 1. The molecule has 5 rings (SSSR count). The summed E-state index contributed by atoms with van der Waals surface area (Å²) in [6.07, 6.45) is 0.458. The van der Waals surface area contributed by atoms with Gasteiger partial charge in [-0.1, -0.05) is 24.3 Å². The Kier molecular flexibility index (Phi) is 5.44. The minimum absolute atomic E-state index is 0.0853. The van der Waals surface area contributed by atoms with Crippen molar-refractivity contribution in [1.82, 2.24) is 4.90 Å². The van der Waals surface area contributed by atoms with E-state index in [-0.39, 0.29) is 11.6 Å². The molecule has 1 fully saturated rings. The van der Waals surface area contributed by atoms with Gasteiger partial charge in [0.15, 0.2) is 22.3 Å². The number of aryl methyl sites for hydroxylation is 1. The minimum atomic E-state index is -0.872. The van der Waals surface area contributed by atoms with E-state index in [0.29, 0.717) is 28.6 Å². The van der Waals surface area contributed by atoms with Gasteiger partial charge in [0.05, 0.1) is 18.1 Å². The number of non-ortho nitro benzene ring substituents is 1. The number of carbonyl (C=O) groups is 1. The number of fused-ring (bicyclic) bond motifs is 4. The Hall–Kier alpha value is -3.98. The number of rotatable bonds is 4. The first kappa shape index (κ1) is 22.8. The molecule has 0 radical (unpaired) electrons. The van der Waals surface area contributed by atoms with Crippen LogP contribution >= 0.6 is 12.2 Å². The number of nitro benzene ring substituents is 1. The zero-order valence-electron chi connectivity index (χ0n) is 19.4. The molecule has 0 N–H and O–H groups in total. The van der Waals surface area contributed by atoms with Crippen molar-refractivity contribution < 1.29 is 19.2 Å². The number of hydrogen-bond acceptors (Lipinski definition) is 6. The number of nitrogens with zero attached hydrogens (tertiary/aromatic N) is 3. The molecule has 3 aromatic rings. The molecular weight excluding hydrogens is 466 g/mol. The van der Waals surface area contributed by atoms with Gasteiger partial charge in [0.1, 0.15) is 0 Å². The fourth-order valence-electron chi connectivity index (χ4n) is 4.85. The molecule has 2 atom stereocenters. The van der Waals surface area contributed by atoms with Crippen LogP contribution in [0.4, 0.5) is 11.4 Å². The summed E-state index contributed by atoms with van der Waals surface area (Å²) in [5, 5.41) is 11.4. The number of thiocarbonyl (C=S) groups is 1. The fraction of sp³-hybridized carbons (Fsp3) is 0.231. The predicted molar refractivity (Wildman–Crippen MR) is 135 cm³/mol. The van der Waals surface area contributed by atoms with Crippen molar-refractivity contribution in [3.63, 3.8) is 0 Å². The largest absolute Gasteiger partial charge is 0.493 e. The monoisotopic (exact) mass is 489 g/mol. The number of nitro groups is 1. The van der Waals surface area contributed by atoms with Crippen LogP contribution in [0.2, 0.25) is 0 Å². The second kappa shape index (κ2) is 8.35. The zero-order chi connectivity index (χ0) is 24.9. The molecule has 0 aliphatic carbocycles. The van der Waals surface area contributed by atoms with E-state index in [9.17, 15) is 14.9 Å². The Labute approximate surface area is 207 Å². The van der Waals surface area contributed by atoms with Crippen LogP contribution in [0, 0.1) is 17.0 Å². The Morgan fingerprint density at radius 3 is 2.54 bits per heavy atom. The average molecular weight is 490 g/mol. The Morgan fingerprint density at radius 1 is 1.17 bits per heavy atom. The summed E-state index contributed by atoms with van der Waals surface area (Å²) in [4.78, 5) is 27.9. The maximum Gasteiger partial charge on any atom is 0.269 e. The molecule has 0 saturated carbocycles. The van der Waals surface area contributed by atoms with E-state index in [1.165, 1.54) is 24.3 Å². The first-order valence-corrected chi connectivity index (χ1v) is 11.5. The molecule has 0 aromatic heterocycles. The summed E-state index contributed by atoms with van der Waals surface area (Å²) in [5.41, 5.74) is 1.99. The topological polar surface area (TPSA) is 85.1 Å². The predicted octanol–water partition coefficient (Wildman–Crippen LogP) is 5.40. The summed E-state index contributed by atoms with van der Waals surface area (Å²) >= 11 is 5.95.